The van der Waals surface area contributed by atoms with Crippen LogP contribution < -0.4 is 0 Å². The second kappa shape index (κ2) is 7.19. The summed E-state index contributed by atoms with van der Waals surface area (Å²) < 4.78 is 29.3. The van der Waals surface area contributed by atoms with Crippen LogP contribution >= 0.6 is 0 Å². The van der Waals surface area contributed by atoms with Crippen molar-refractivity contribution in [2.24, 2.45) is 0 Å². The second-order valence-corrected chi connectivity index (χ2v) is 9.20. The highest BCUT2D eigenvalue weighted by molar-refractivity contribution is 7.91. The third-order valence-electron chi connectivity index (χ3n) is 5.10. The second-order valence-electron chi connectivity index (χ2n) is 6.97. The maximum atomic E-state index is 13.2. The minimum absolute atomic E-state index is 0.0228. The molecule has 1 saturated heterocycles. The molecule has 6 heteroatoms. The van der Waals surface area contributed by atoms with E-state index in [1.807, 2.05) is 48.5 Å². The van der Waals surface area contributed by atoms with E-state index < -0.39 is 9.84 Å². The van der Waals surface area contributed by atoms with E-state index in [1.54, 1.807) is 17.2 Å². The van der Waals surface area contributed by atoms with E-state index in [4.69, 9.17) is 4.42 Å². The highest BCUT2D eigenvalue weighted by Crippen LogP contribution is 2.24. The van der Waals surface area contributed by atoms with Crippen LogP contribution in [0.4, 0.5) is 0 Å². The lowest BCUT2D eigenvalue weighted by Crippen LogP contribution is -2.41. The van der Waals surface area contributed by atoms with Crippen molar-refractivity contribution >= 4 is 26.5 Å². The molecule has 5 nitrogen and oxygen atoms in total. The largest absolute Gasteiger partial charge is 0.467 e. The number of carbonyl (C=O) groups is 1. The highest BCUT2D eigenvalue weighted by Gasteiger charge is 2.35. The molecule has 1 aromatic heterocycles. The van der Waals surface area contributed by atoms with Gasteiger partial charge in [-0.05, 0) is 34.9 Å². The van der Waals surface area contributed by atoms with Crippen LogP contribution in [0.25, 0.3) is 10.8 Å². The van der Waals surface area contributed by atoms with E-state index in [1.165, 1.54) is 0 Å². The van der Waals surface area contributed by atoms with Gasteiger partial charge < -0.3 is 9.32 Å². The Morgan fingerprint density at radius 1 is 1.07 bits per heavy atom. The summed E-state index contributed by atoms with van der Waals surface area (Å²) in [5, 5.41) is 2.13. The van der Waals surface area contributed by atoms with Gasteiger partial charge >= 0.3 is 0 Å². The predicted octanol–water partition coefficient (Wildman–Crippen LogP) is 3.19. The zero-order valence-electron chi connectivity index (χ0n) is 14.9. The Labute approximate surface area is 158 Å². The molecule has 2 heterocycles. The molecule has 27 heavy (non-hydrogen) atoms. The Bertz CT molecular complexity index is 1050. The van der Waals surface area contributed by atoms with Crippen LogP contribution in [-0.2, 0) is 27.6 Å². The zero-order chi connectivity index (χ0) is 18.9. The molecule has 0 radical (unpaired) electrons. The third-order valence-corrected chi connectivity index (χ3v) is 6.85. The highest BCUT2D eigenvalue weighted by atomic mass is 32.2. The van der Waals surface area contributed by atoms with Gasteiger partial charge in [0.1, 0.15) is 5.76 Å². The molecule has 0 unspecified atom stereocenters. The van der Waals surface area contributed by atoms with Crippen LogP contribution in [0, 0.1) is 0 Å². The van der Waals surface area contributed by atoms with Gasteiger partial charge in [-0.15, -0.1) is 0 Å². The molecule has 0 bridgehead atoms. The molecule has 1 aliphatic rings. The first-order chi connectivity index (χ1) is 13.0. The molecule has 0 aliphatic carbocycles. The monoisotopic (exact) mass is 383 g/mol. The van der Waals surface area contributed by atoms with Gasteiger partial charge in [-0.3, -0.25) is 4.79 Å². The lowest BCUT2D eigenvalue weighted by Gasteiger charge is -2.27. The number of carbonyl (C=O) groups excluding carboxylic acids is 1. The molecule has 140 valence electrons. The molecule has 1 fully saturated rings. The molecule has 0 spiro atoms. The van der Waals surface area contributed by atoms with Crippen molar-refractivity contribution in [1.29, 1.82) is 0 Å². The summed E-state index contributed by atoms with van der Waals surface area (Å²) in [7, 11) is -3.08. The van der Waals surface area contributed by atoms with E-state index >= 15 is 0 Å². The number of hydrogen-bond donors (Lipinski definition) is 0. The Morgan fingerprint density at radius 2 is 1.89 bits per heavy atom. The topological polar surface area (TPSA) is 67.6 Å². The molecule has 1 amide bonds. The van der Waals surface area contributed by atoms with E-state index in [2.05, 4.69) is 0 Å². The fourth-order valence-electron chi connectivity index (χ4n) is 3.72. The number of benzene rings is 2. The standard InChI is InChI=1S/C21H21NO4S/c23-21(13-17-7-3-6-16-5-1-2-9-20(16)17)22(14-19-8-4-11-26-19)18-10-12-27(24,25)15-18/h1-9,11,18H,10,12-15H2/t18-/m0/s1. The van der Waals surface area contributed by atoms with Crippen molar-refractivity contribution in [3.8, 4) is 0 Å². The molecule has 4 rings (SSSR count). The summed E-state index contributed by atoms with van der Waals surface area (Å²) in [6.45, 7) is 0.288. The average molecular weight is 383 g/mol. The zero-order valence-corrected chi connectivity index (χ0v) is 15.7. The Balaban J connectivity index is 1.61. The van der Waals surface area contributed by atoms with Gasteiger partial charge in [-0.1, -0.05) is 42.5 Å². The predicted molar refractivity (Wildman–Crippen MR) is 104 cm³/mol. The Morgan fingerprint density at radius 3 is 2.63 bits per heavy atom. The number of furan rings is 1. The summed E-state index contributed by atoms with van der Waals surface area (Å²) in [6.07, 6.45) is 2.27. The van der Waals surface area contributed by atoms with Crippen LogP contribution in [0.3, 0.4) is 0 Å². The first kappa shape index (κ1) is 17.8. The number of nitrogens with zero attached hydrogens (tertiary/aromatic N) is 1. The van der Waals surface area contributed by atoms with Gasteiger partial charge in [0, 0.05) is 6.04 Å². The van der Waals surface area contributed by atoms with Gasteiger partial charge in [0.2, 0.25) is 5.91 Å². The minimum Gasteiger partial charge on any atom is -0.467 e. The maximum absolute atomic E-state index is 13.2. The summed E-state index contributed by atoms with van der Waals surface area (Å²) in [5.41, 5.74) is 0.948. The van der Waals surface area contributed by atoms with Crippen LogP contribution in [0.5, 0.6) is 0 Å². The van der Waals surface area contributed by atoms with Crippen LogP contribution in [0.15, 0.2) is 65.3 Å². The third kappa shape index (κ3) is 3.90. The van der Waals surface area contributed by atoms with Gasteiger partial charge in [0.15, 0.2) is 9.84 Å². The SMILES string of the molecule is O=C(Cc1cccc2ccccc12)N(Cc1ccco1)[C@H]1CCS(=O)(=O)C1. The van der Waals surface area contributed by atoms with Gasteiger partial charge in [-0.2, -0.15) is 0 Å². The fraction of sp³-hybridized carbons (Fsp3) is 0.286. The summed E-state index contributed by atoms with van der Waals surface area (Å²) in [4.78, 5) is 14.8. The van der Waals surface area contributed by atoms with Crippen molar-refractivity contribution in [3.63, 3.8) is 0 Å². The van der Waals surface area contributed by atoms with Crippen LogP contribution in [0.1, 0.15) is 17.7 Å². The molecule has 0 N–H and O–H groups in total. The van der Waals surface area contributed by atoms with Crippen molar-refractivity contribution < 1.29 is 17.6 Å². The number of fused-ring (bicyclic) bond motifs is 1. The van der Waals surface area contributed by atoms with E-state index in [-0.39, 0.29) is 36.4 Å². The lowest BCUT2D eigenvalue weighted by molar-refractivity contribution is -0.133. The number of rotatable bonds is 5. The fourth-order valence-corrected chi connectivity index (χ4v) is 5.45. The number of hydrogen-bond acceptors (Lipinski definition) is 4. The molecular formula is C21H21NO4S. The number of amides is 1. The Hall–Kier alpha value is -2.60. The number of sulfone groups is 1. The molecule has 1 atom stereocenters. The maximum Gasteiger partial charge on any atom is 0.227 e. The average Bonchev–Trinajstić information content (AvgIpc) is 3.29. The first-order valence-electron chi connectivity index (χ1n) is 9.01. The lowest BCUT2D eigenvalue weighted by atomic mass is 10.0. The minimum atomic E-state index is -3.08. The molecule has 2 aromatic carbocycles. The first-order valence-corrected chi connectivity index (χ1v) is 10.8. The van der Waals surface area contributed by atoms with E-state index in [9.17, 15) is 13.2 Å². The van der Waals surface area contributed by atoms with Crippen molar-refractivity contribution in [3.05, 3.63) is 72.2 Å². The van der Waals surface area contributed by atoms with Crippen LogP contribution in [-0.4, -0.2) is 36.8 Å². The molecule has 0 saturated carbocycles. The van der Waals surface area contributed by atoms with Crippen LogP contribution in [0.2, 0.25) is 0 Å². The summed E-state index contributed by atoms with van der Waals surface area (Å²) in [5.74, 6) is 0.735. The van der Waals surface area contributed by atoms with Crippen molar-refractivity contribution in [2.75, 3.05) is 11.5 Å². The molecular weight excluding hydrogens is 362 g/mol. The van der Waals surface area contributed by atoms with Crippen molar-refractivity contribution in [2.45, 2.75) is 25.4 Å². The molecule has 3 aromatic rings. The van der Waals surface area contributed by atoms with Gasteiger partial charge in [-0.25, -0.2) is 8.42 Å². The summed E-state index contributed by atoms with van der Waals surface area (Å²) >= 11 is 0. The Kier molecular flexibility index (Phi) is 4.74. The van der Waals surface area contributed by atoms with E-state index in [0.717, 1.165) is 16.3 Å². The van der Waals surface area contributed by atoms with Gasteiger partial charge in [0.25, 0.3) is 0 Å². The molecule has 1 aliphatic heterocycles. The summed E-state index contributed by atoms with van der Waals surface area (Å²) in [6, 6.07) is 17.2. The quantitative estimate of drug-likeness (QED) is 0.679. The smallest absolute Gasteiger partial charge is 0.227 e. The normalized spacial score (nSPS) is 18.6. The van der Waals surface area contributed by atoms with Crippen molar-refractivity contribution in [1.82, 2.24) is 4.90 Å². The van der Waals surface area contributed by atoms with Gasteiger partial charge in [0.05, 0.1) is 30.7 Å². The van der Waals surface area contributed by atoms with E-state index in [0.29, 0.717) is 12.2 Å².